The molecular weight excluding hydrogens is 218 g/mol. The van der Waals surface area contributed by atoms with Gasteiger partial charge in [0.15, 0.2) is 5.75 Å². The van der Waals surface area contributed by atoms with E-state index in [4.69, 9.17) is 5.11 Å². The molecule has 0 aliphatic heterocycles. The van der Waals surface area contributed by atoms with Gasteiger partial charge in [0.1, 0.15) is 5.69 Å². The Kier molecular flexibility index (Phi) is 2.85. The van der Waals surface area contributed by atoms with E-state index >= 15 is 0 Å². The molecule has 0 aliphatic rings. The normalized spacial score (nSPS) is 10.8. The minimum Gasteiger partial charge on any atom is -0.504 e. The van der Waals surface area contributed by atoms with Crippen molar-refractivity contribution in [1.29, 1.82) is 0 Å². The summed E-state index contributed by atoms with van der Waals surface area (Å²) in [6.45, 7) is 5.30. The Morgan fingerprint density at radius 1 is 1.12 bits per heavy atom. The summed E-state index contributed by atoms with van der Waals surface area (Å²) in [5.41, 5.74) is 2.74. The molecule has 0 amide bonds. The Morgan fingerprint density at radius 2 is 1.71 bits per heavy atom. The number of aliphatic hydroxyl groups is 1. The van der Waals surface area contributed by atoms with Crippen molar-refractivity contribution in [2.75, 3.05) is 0 Å². The smallest absolute Gasteiger partial charge is 0.234 e. The maximum atomic E-state index is 9.66. The second kappa shape index (κ2) is 4.18. The third-order valence-electron chi connectivity index (χ3n) is 2.74. The second-order valence-corrected chi connectivity index (χ2v) is 4.01. The van der Waals surface area contributed by atoms with Crippen LogP contribution < -0.4 is 0 Å². The van der Waals surface area contributed by atoms with Gasteiger partial charge in [0.05, 0.1) is 12.3 Å². The number of aryl methyl sites for hydroxylation is 3. The fraction of sp³-hybridized carbons (Fsp3) is 0.333. The van der Waals surface area contributed by atoms with Crippen molar-refractivity contribution in [1.82, 2.24) is 14.5 Å². The monoisotopic (exact) mass is 233 g/mol. The molecule has 0 saturated carbocycles. The van der Waals surface area contributed by atoms with E-state index in [1.54, 1.807) is 6.92 Å². The Labute approximate surface area is 99.4 Å². The fourth-order valence-electron chi connectivity index (χ4n) is 1.80. The minimum absolute atomic E-state index is 0.0429. The molecule has 0 saturated heterocycles. The summed E-state index contributed by atoms with van der Waals surface area (Å²) in [6, 6.07) is 3.94. The van der Waals surface area contributed by atoms with Crippen LogP contribution in [-0.2, 0) is 6.61 Å². The van der Waals surface area contributed by atoms with Gasteiger partial charge in [-0.15, -0.1) is 0 Å². The van der Waals surface area contributed by atoms with Crippen LogP contribution in [0.3, 0.4) is 0 Å². The molecule has 0 aromatic carbocycles. The Morgan fingerprint density at radius 3 is 2.24 bits per heavy atom. The number of hydrogen-bond acceptors (Lipinski definition) is 4. The first-order chi connectivity index (χ1) is 8.04. The van der Waals surface area contributed by atoms with Gasteiger partial charge in [0.2, 0.25) is 5.95 Å². The van der Waals surface area contributed by atoms with Crippen LogP contribution >= 0.6 is 0 Å². The number of nitrogens with zero attached hydrogens (tertiary/aromatic N) is 3. The summed E-state index contributed by atoms with van der Waals surface area (Å²) in [4.78, 5) is 8.40. The van der Waals surface area contributed by atoms with E-state index in [1.165, 1.54) is 0 Å². The van der Waals surface area contributed by atoms with Crippen molar-refractivity contribution in [2.45, 2.75) is 27.4 Å². The standard InChI is InChI=1S/C12H15N3O2/c1-7-4-5-8(2)15(7)12-13-9(3)11(17)10(6-16)14-12/h4-5,16-17H,6H2,1-3H3. The third kappa shape index (κ3) is 1.89. The predicted octanol–water partition coefficient (Wildman–Crippen LogP) is 1.39. The highest BCUT2D eigenvalue weighted by Crippen LogP contribution is 2.21. The highest BCUT2D eigenvalue weighted by Gasteiger charge is 2.13. The molecule has 17 heavy (non-hydrogen) atoms. The van der Waals surface area contributed by atoms with Gasteiger partial charge >= 0.3 is 0 Å². The predicted molar refractivity (Wildman–Crippen MR) is 63.2 cm³/mol. The first-order valence-electron chi connectivity index (χ1n) is 5.37. The van der Waals surface area contributed by atoms with Gasteiger partial charge in [-0.25, -0.2) is 9.97 Å². The van der Waals surface area contributed by atoms with E-state index in [2.05, 4.69) is 9.97 Å². The summed E-state index contributed by atoms with van der Waals surface area (Å²) < 4.78 is 1.88. The van der Waals surface area contributed by atoms with Crippen LogP contribution in [0.15, 0.2) is 12.1 Å². The molecule has 2 aromatic heterocycles. The lowest BCUT2D eigenvalue weighted by atomic mass is 10.3. The molecule has 0 spiro atoms. The van der Waals surface area contributed by atoms with Crippen LogP contribution in [0.2, 0.25) is 0 Å². The zero-order valence-corrected chi connectivity index (χ0v) is 10.1. The van der Waals surface area contributed by atoms with Gasteiger partial charge < -0.3 is 10.2 Å². The number of rotatable bonds is 2. The van der Waals surface area contributed by atoms with Crippen molar-refractivity contribution in [2.24, 2.45) is 0 Å². The molecule has 2 rings (SSSR count). The lowest BCUT2D eigenvalue weighted by molar-refractivity contribution is 0.269. The second-order valence-electron chi connectivity index (χ2n) is 4.01. The van der Waals surface area contributed by atoms with E-state index in [0.29, 0.717) is 11.6 Å². The molecule has 90 valence electrons. The SMILES string of the molecule is Cc1nc(-n2c(C)ccc2C)nc(CO)c1O. The van der Waals surface area contributed by atoms with Crippen LogP contribution in [0.1, 0.15) is 22.8 Å². The summed E-state index contributed by atoms with van der Waals surface area (Å²) in [6.07, 6.45) is 0. The van der Waals surface area contributed by atoms with Gasteiger partial charge in [0.25, 0.3) is 0 Å². The molecule has 2 heterocycles. The highest BCUT2D eigenvalue weighted by atomic mass is 16.3. The molecule has 0 fully saturated rings. The van der Waals surface area contributed by atoms with Crippen LogP contribution in [0.25, 0.3) is 5.95 Å². The Balaban J connectivity index is 2.65. The van der Waals surface area contributed by atoms with Crippen molar-refractivity contribution in [3.05, 3.63) is 34.9 Å². The molecule has 5 heteroatoms. The van der Waals surface area contributed by atoms with Crippen LogP contribution in [0.4, 0.5) is 0 Å². The minimum atomic E-state index is -0.304. The number of aromatic nitrogens is 3. The van der Waals surface area contributed by atoms with Crippen molar-refractivity contribution in [3.8, 4) is 11.7 Å². The largest absolute Gasteiger partial charge is 0.504 e. The summed E-state index contributed by atoms with van der Waals surface area (Å²) in [5.74, 6) is 0.433. The van der Waals surface area contributed by atoms with Crippen molar-refractivity contribution >= 4 is 0 Å². The molecule has 2 N–H and O–H groups in total. The Bertz CT molecular complexity index is 542. The van der Waals surface area contributed by atoms with Crippen LogP contribution in [0, 0.1) is 20.8 Å². The van der Waals surface area contributed by atoms with Crippen LogP contribution in [0.5, 0.6) is 5.75 Å². The summed E-state index contributed by atoms with van der Waals surface area (Å²) in [7, 11) is 0. The van der Waals surface area contributed by atoms with E-state index in [0.717, 1.165) is 11.4 Å². The van der Waals surface area contributed by atoms with Gasteiger partial charge in [-0.3, -0.25) is 4.57 Å². The third-order valence-corrected chi connectivity index (χ3v) is 2.74. The summed E-state index contributed by atoms with van der Waals surface area (Å²) in [5, 5.41) is 18.8. The first kappa shape index (κ1) is 11.6. The summed E-state index contributed by atoms with van der Waals surface area (Å²) >= 11 is 0. The average Bonchev–Trinajstić information content (AvgIpc) is 2.62. The molecule has 0 radical (unpaired) electrons. The number of aliphatic hydroxyl groups excluding tert-OH is 1. The zero-order chi connectivity index (χ0) is 12.6. The first-order valence-corrected chi connectivity index (χ1v) is 5.37. The van der Waals surface area contributed by atoms with E-state index in [-0.39, 0.29) is 18.1 Å². The van der Waals surface area contributed by atoms with Gasteiger partial charge in [-0.1, -0.05) is 0 Å². The molecular formula is C12H15N3O2. The molecule has 5 nitrogen and oxygen atoms in total. The zero-order valence-electron chi connectivity index (χ0n) is 10.1. The van der Waals surface area contributed by atoms with Crippen molar-refractivity contribution in [3.63, 3.8) is 0 Å². The lowest BCUT2D eigenvalue weighted by Gasteiger charge is -2.11. The van der Waals surface area contributed by atoms with E-state index in [9.17, 15) is 5.11 Å². The number of hydrogen-bond donors (Lipinski definition) is 2. The maximum absolute atomic E-state index is 9.66. The van der Waals surface area contributed by atoms with Crippen LogP contribution in [-0.4, -0.2) is 24.7 Å². The molecule has 0 aliphatic carbocycles. The Hall–Kier alpha value is -1.88. The molecule has 0 unspecified atom stereocenters. The van der Waals surface area contributed by atoms with E-state index < -0.39 is 0 Å². The molecule has 0 atom stereocenters. The molecule has 0 bridgehead atoms. The van der Waals surface area contributed by atoms with Gasteiger partial charge in [-0.05, 0) is 32.9 Å². The fourth-order valence-corrected chi connectivity index (χ4v) is 1.80. The van der Waals surface area contributed by atoms with Gasteiger partial charge in [-0.2, -0.15) is 0 Å². The van der Waals surface area contributed by atoms with E-state index in [1.807, 2.05) is 30.5 Å². The quantitative estimate of drug-likeness (QED) is 0.822. The topological polar surface area (TPSA) is 71.2 Å². The van der Waals surface area contributed by atoms with Crippen molar-refractivity contribution < 1.29 is 10.2 Å². The average molecular weight is 233 g/mol. The number of aromatic hydroxyl groups is 1. The maximum Gasteiger partial charge on any atom is 0.234 e. The van der Waals surface area contributed by atoms with Gasteiger partial charge in [0, 0.05) is 11.4 Å². The molecule has 2 aromatic rings. The lowest BCUT2D eigenvalue weighted by Crippen LogP contribution is -2.08. The highest BCUT2D eigenvalue weighted by molar-refractivity contribution is 5.35.